The number of anilines is 1. The first-order valence-corrected chi connectivity index (χ1v) is 9.09. The average molecular weight is 419 g/mol. The van der Waals surface area contributed by atoms with Crippen LogP contribution in [0.1, 0.15) is 44.2 Å². The third-order valence-electron chi connectivity index (χ3n) is 5.60. The maximum atomic E-state index is 14.9. The molecule has 10 heteroatoms. The molecule has 1 aromatic carbocycles. The van der Waals surface area contributed by atoms with Crippen molar-refractivity contribution in [3.63, 3.8) is 0 Å². The first-order valence-electron chi connectivity index (χ1n) is 9.09. The highest BCUT2D eigenvalue weighted by atomic mass is 35.5. The molecule has 1 aliphatic carbocycles. The van der Waals surface area contributed by atoms with Crippen molar-refractivity contribution in [3.8, 4) is 0 Å². The number of nitrogens with zero attached hydrogens (tertiary/aromatic N) is 2. The van der Waals surface area contributed by atoms with Gasteiger partial charge in [-0.15, -0.1) is 12.4 Å². The molecule has 2 aliphatic rings. The number of nitrogens with one attached hydrogen (secondary N) is 1. The number of H-pyrrole nitrogens is 1. The van der Waals surface area contributed by atoms with Gasteiger partial charge in [-0.25, -0.2) is 18.0 Å². The molecule has 154 valence electrons. The maximum Gasteiger partial charge on any atom is 0.329 e. The van der Waals surface area contributed by atoms with E-state index in [9.17, 15) is 22.8 Å². The van der Waals surface area contributed by atoms with Crippen LogP contribution in [0, 0.1) is 11.7 Å². The van der Waals surface area contributed by atoms with Gasteiger partial charge in [0.15, 0.2) is 0 Å². The Hall–Kier alpha value is -2.00. The Morgan fingerprint density at radius 1 is 1.25 bits per heavy atom. The van der Waals surface area contributed by atoms with Crippen molar-refractivity contribution in [2.24, 2.45) is 11.7 Å². The monoisotopic (exact) mass is 418 g/mol. The van der Waals surface area contributed by atoms with Crippen LogP contribution in [0.3, 0.4) is 0 Å². The summed E-state index contributed by atoms with van der Waals surface area (Å²) in [5.74, 6) is -0.815. The van der Waals surface area contributed by atoms with E-state index in [-0.39, 0.29) is 47.0 Å². The van der Waals surface area contributed by atoms with Crippen molar-refractivity contribution in [1.29, 1.82) is 0 Å². The van der Waals surface area contributed by atoms with Gasteiger partial charge in [-0.3, -0.25) is 14.3 Å². The van der Waals surface area contributed by atoms with Gasteiger partial charge in [0.25, 0.3) is 12.0 Å². The van der Waals surface area contributed by atoms with Crippen molar-refractivity contribution in [3.05, 3.63) is 38.3 Å². The second-order valence-corrected chi connectivity index (χ2v) is 7.53. The highest BCUT2D eigenvalue weighted by Gasteiger charge is 2.35. The number of hydrogen-bond donors (Lipinski definition) is 2. The SMILES string of the molecule is C[C@@H](N)[C@H]1CCN(c2c(F)cc3c(=O)[nH]c(=O)n(C4CC4)c3c2C(F)F)C1.Cl. The molecule has 4 rings (SSSR count). The summed E-state index contributed by atoms with van der Waals surface area (Å²) >= 11 is 0. The van der Waals surface area contributed by atoms with Crippen molar-refractivity contribution in [1.82, 2.24) is 9.55 Å². The molecule has 1 saturated carbocycles. The number of aromatic nitrogens is 2. The Morgan fingerprint density at radius 2 is 1.93 bits per heavy atom. The zero-order valence-electron chi connectivity index (χ0n) is 15.3. The molecular formula is C18H22ClF3N4O2. The zero-order valence-corrected chi connectivity index (χ0v) is 16.1. The molecule has 28 heavy (non-hydrogen) atoms. The summed E-state index contributed by atoms with van der Waals surface area (Å²) < 4.78 is 44.4. The van der Waals surface area contributed by atoms with E-state index >= 15 is 0 Å². The topological polar surface area (TPSA) is 84.1 Å². The fraction of sp³-hybridized carbons (Fsp3) is 0.556. The summed E-state index contributed by atoms with van der Waals surface area (Å²) in [4.78, 5) is 28.2. The number of nitrogens with two attached hydrogens (primary N) is 1. The van der Waals surface area contributed by atoms with Gasteiger partial charge in [0.2, 0.25) is 0 Å². The Balaban J connectivity index is 0.00000225. The van der Waals surface area contributed by atoms with Crippen LogP contribution in [0.25, 0.3) is 10.9 Å². The molecule has 0 amide bonds. The van der Waals surface area contributed by atoms with E-state index in [1.54, 1.807) is 4.90 Å². The van der Waals surface area contributed by atoms with Crippen LogP contribution < -0.4 is 21.9 Å². The van der Waals surface area contributed by atoms with Gasteiger partial charge < -0.3 is 10.6 Å². The zero-order chi connectivity index (χ0) is 19.5. The van der Waals surface area contributed by atoms with Crippen LogP contribution >= 0.6 is 12.4 Å². The second-order valence-electron chi connectivity index (χ2n) is 7.53. The lowest BCUT2D eigenvalue weighted by Gasteiger charge is -2.25. The molecule has 0 unspecified atom stereocenters. The first-order chi connectivity index (χ1) is 12.8. The number of halogens is 4. The second kappa shape index (κ2) is 7.44. The van der Waals surface area contributed by atoms with Crippen LogP contribution in [0.15, 0.2) is 15.7 Å². The minimum Gasteiger partial charge on any atom is -0.368 e. The van der Waals surface area contributed by atoms with E-state index in [0.29, 0.717) is 32.4 Å². The van der Waals surface area contributed by atoms with Crippen molar-refractivity contribution in [2.45, 2.75) is 44.7 Å². The highest BCUT2D eigenvalue weighted by Crippen LogP contribution is 2.43. The summed E-state index contributed by atoms with van der Waals surface area (Å²) in [5.41, 5.74) is 3.38. The average Bonchev–Trinajstić information content (AvgIpc) is 3.29. The third kappa shape index (κ3) is 3.30. The summed E-state index contributed by atoms with van der Waals surface area (Å²) in [5, 5.41) is -0.221. The lowest BCUT2D eigenvalue weighted by molar-refractivity contribution is 0.152. The van der Waals surface area contributed by atoms with Gasteiger partial charge in [-0.05, 0) is 38.2 Å². The van der Waals surface area contributed by atoms with Crippen LogP contribution in [0.5, 0.6) is 0 Å². The number of rotatable bonds is 4. The number of aromatic amines is 1. The molecule has 6 nitrogen and oxygen atoms in total. The molecule has 0 radical (unpaired) electrons. The largest absolute Gasteiger partial charge is 0.368 e. The predicted molar refractivity (Wildman–Crippen MR) is 103 cm³/mol. The van der Waals surface area contributed by atoms with Gasteiger partial charge in [0.1, 0.15) is 5.82 Å². The van der Waals surface area contributed by atoms with Gasteiger partial charge >= 0.3 is 5.69 Å². The predicted octanol–water partition coefficient (Wildman–Crippen LogP) is 2.70. The molecule has 1 aromatic heterocycles. The van der Waals surface area contributed by atoms with E-state index in [1.807, 2.05) is 6.92 Å². The Bertz CT molecular complexity index is 1020. The normalized spacial score (nSPS) is 20.6. The number of benzene rings is 1. The van der Waals surface area contributed by atoms with Crippen LogP contribution in [0.4, 0.5) is 18.9 Å². The van der Waals surface area contributed by atoms with Gasteiger partial charge in [0, 0.05) is 25.2 Å². The molecule has 2 atom stereocenters. The highest BCUT2D eigenvalue weighted by molar-refractivity contribution is 5.88. The van der Waals surface area contributed by atoms with Crippen LogP contribution in [-0.4, -0.2) is 28.7 Å². The standard InChI is InChI=1S/C18H21F3N4O2.ClH/c1-8(22)9-4-5-24(7-9)15-12(19)6-11-14(13(15)16(20)21)25(10-2-3-10)18(27)23-17(11)26;/h6,8-10,16H,2-5,7,22H2,1H3,(H,23,26,27);1H/t8-,9+;/m1./s1. The minimum atomic E-state index is -3.03. The fourth-order valence-corrected chi connectivity index (χ4v) is 4.04. The van der Waals surface area contributed by atoms with E-state index in [2.05, 4.69) is 4.98 Å². The number of hydrogen-bond acceptors (Lipinski definition) is 4. The van der Waals surface area contributed by atoms with Crippen LogP contribution in [0.2, 0.25) is 0 Å². The van der Waals surface area contributed by atoms with E-state index < -0.39 is 29.1 Å². The first kappa shape index (κ1) is 20.7. The molecule has 0 spiro atoms. The summed E-state index contributed by atoms with van der Waals surface area (Å²) in [6.07, 6.45) is -1.04. The summed E-state index contributed by atoms with van der Waals surface area (Å²) in [6, 6.07) is 0.580. The van der Waals surface area contributed by atoms with Gasteiger partial charge in [-0.2, -0.15) is 0 Å². The summed E-state index contributed by atoms with van der Waals surface area (Å²) in [7, 11) is 0. The molecule has 1 saturated heterocycles. The minimum absolute atomic E-state index is 0. The fourth-order valence-electron chi connectivity index (χ4n) is 4.04. The van der Waals surface area contributed by atoms with Crippen LogP contribution in [-0.2, 0) is 0 Å². The number of fused-ring (bicyclic) bond motifs is 1. The van der Waals surface area contributed by atoms with E-state index in [4.69, 9.17) is 5.73 Å². The number of alkyl halides is 2. The third-order valence-corrected chi connectivity index (χ3v) is 5.60. The molecule has 3 N–H and O–H groups in total. The van der Waals surface area contributed by atoms with Gasteiger partial charge in [0.05, 0.1) is 22.2 Å². The lowest BCUT2D eigenvalue weighted by Crippen LogP contribution is -2.33. The molecule has 2 aromatic rings. The van der Waals surface area contributed by atoms with Crippen molar-refractivity contribution in [2.75, 3.05) is 18.0 Å². The quantitative estimate of drug-likeness (QED) is 0.799. The molecule has 2 fully saturated rings. The molecule has 2 heterocycles. The Labute approximate surface area is 164 Å². The smallest absolute Gasteiger partial charge is 0.329 e. The molecule has 0 bridgehead atoms. The van der Waals surface area contributed by atoms with E-state index in [0.717, 1.165) is 6.07 Å². The van der Waals surface area contributed by atoms with Crippen molar-refractivity contribution < 1.29 is 13.2 Å². The molecular weight excluding hydrogens is 397 g/mol. The van der Waals surface area contributed by atoms with E-state index in [1.165, 1.54) is 4.57 Å². The Kier molecular flexibility index (Phi) is 5.51. The maximum absolute atomic E-state index is 14.9. The summed E-state index contributed by atoms with van der Waals surface area (Å²) in [6.45, 7) is 2.59. The van der Waals surface area contributed by atoms with Gasteiger partial charge in [-0.1, -0.05) is 0 Å². The lowest BCUT2D eigenvalue weighted by atomic mass is 10.0. The Morgan fingerprint density at radius 3 is 2.46 bits per heavy atom. The molecule has 1 aliphatic heterocycles. The van der Waals surface area contributed by atoms with Crippen molar-refractivity contribution >= 4 is 29.0 Å².